The van der Waals surface area contributed by atoms with Crippen molar-refractivity contribution in [1.29, 1.82) is 0 Å². The Bertz CT molecular complexity index is 1110. The highest BCUT2D eigenvalue weighted by atomic mass is 16.7. The van der Waals surface area contributed by atoms with Crippen LogP contribution in [0.3, 0.4) is 0 Å². The van der Waals surface area contributed by atoms with Gasteiger partial charge in [0.05, 0.1) is 12.1 Å². The van der Waals surface area contributed by atoms with E-state index in [0.717, 1.165) is 22.3 Å². The van der Waals surface area contributed by atoms with E-state index in [2.05, 4.69) is 27.5 Å². The molecule has 1 aliphatic heterocycles. The molecule has 4 rings (SSSR count). The molecule has 0 bridgehead atoms. The number of carbonyl (C=O) groups excluding carboxylic acids is 2. The third-order valence-electron chi connectivity index (χ3n) is 6.24. The maximum Gasteiger partial charge on any atom is 0.407 e. The Balaban J connectivity index is 1.39. The van der Waals surface area contributed by atoms with Crippen LogP contribution in [0, 0.1) is 0 Å². The second-order valence-electron chi connectivity index (χ2n) is 8.40. The van der Waals surface area contributed by atoms with Crippen LogP contribution in [-0.2, 0) is 33.2 Å². The number of azide groups is 1. The summed E-state index contributed by atoms with van der Waals surface area (Å²) in [5.74, 6) is -0.853. The molecular weight excluding hydrogens is 484 g/mol. The largest absolute Gasteiger partial charge is 0.449 e. The van der Waals surface area contributed by atoms with Crippen LogP contribution in [0.5, 0.6) is 0 Å². The maximum absolute atomic E-state index is 12.6. The van der Waals surface area contributed by atoms with Crippen molar-refractivity contribution < 1.29 is 38.0 Å². The summed E-state index contributed by atoms with van der Waals surface area (Å²) in [6, 6.07) is 15.1. The first kappa shape index (κ1) is 26.4. The standard InChI is InChI=1S/C25H28N4O8/c1-32-13-35-22-21(28-29-26)20(37-23(22)24(30)36-14-33-2)11-27-25(31)34-12-19-17-9-5-3-7-15(17)16-8-4-6-10-18(16)19/h3-10,19-23H,11-14H2,1-2H3,(H,27,31)/t20-,21-,22-,23-/m1/s1. The van der Waals surface area contributed by atoms with Crippen molar-refractivity contribution in [3.63, 3.8) is 0 Å². The summed E-state index contributed by atoms with van der Waals surface area (Å²) in [6.45, 7) is -0.422. The zero-order valence-electron chi connectivity index (χ0n) is 20.4. The minimum Gasteiger partial charge on any atom is -0.449 e. The van der Waals surface area contributed by atoms with Crippen molar-refractivity contribution in [2.45, 2.75) is 30.3 Å². The number of rotatable bonds is 11. The molecular formula is C25H28N4O8. The smallest absolute Gasteiger partial charge is 0.407 e. The molecule has 1 amide bonds. The molecule has 1 aliphatic carbocycles. The van der Waals surface area contributed by atoms with Gasteiger partial charge in [-0.3, -0.25) is 0 Å². The van der Waals surface area contributed by atoms with Crippen LogP contribution in [0.4, 0.5) is 4.79 Å². The lowest BCUT2D eigenvalue weighted by Crippen LogP contribution is -2.41. The molecule has 196 valence electrons. The lowest BCUT2D eigenvalue weighted by molar-refractivity contribution is -0.175. The normalized spacial score (nSPS) is 22.0. The van der Waals surface area contributed by atoms with E-state index >= 15 is 0 Å². The van der Waals surface area contributed by atoms with Gasteiger partial charge in [-0.15, -0.1) is 0 Å². The Morgan fingerprint density at radius 1 is 1.00 bits per heavy atom. The number of carbonyl (C=O) groups is 2. The molecule has 1 saturated heterocycles. The third-order valence-corrected chi connectivity index (χ3v) is 6.24. The fourth-order valence-electron chi connectivity index (χ4n) is 4.66. The molecule has 2 aromatic carbocycles. The first-order valence-electron chi connectivity index (χ1n) is 11.6. The Morgan fingerprint density at radius 3 is 2.27 bits per heavy atom. The van der Waals surface area contributed by atoms with Crippen molar-refractivity contribution in [2.24, 2.45) is 5.11 Å². The minimum atomic E-state index is -1.21. The summed E-state index contributed by atoms with van der Waals surface area (Å²) in [6.07, 6.45) is -3.76. The van der Waals surface area contributed by atoms with Gasteiger partial charge < -0.3 is 33.7 Å². The summed E-state index contributed by atoms with van der Waals surface area (Å²) >= 11 is 0. The van der Waals surface area contributed by atoms with Gasteiger partial charge in [0.25, 0.3) is 0 Å². The van der Waals surface area contributed by atoms with Crippen molar-refractivity contribution >= 4 is 12.1 Å². The Kier molecular flexibility index (Phi) is 8.94. The molecule has 12 heteroatoms. The molecule has 37 heavy (non-hydrogen) atoms. The highest BCUT2D eigenvalue weighted by Gasteiger charge is 2.49. The average molecular weight is 513 g/mol. The molecule has 0 aromatic heterocycles. The molecule has 4 atom stereocenters. The van der Waals surface area contributed by atoms with E-state index in [0.29, 0.717) is 0 Å². The topological polar surface area (TPSA) is 150 Å². The van der Waals surface area contributed by atoms with Gasteiger partial charge in [-0.1, -0.05) is 53.6 Å². The fraction of sp³-hybridized carbons (Fsp3) is 0.440. The van der Waals surface area contributed by atoms with Crippen molar-refractivity contribution in [3.05, 3.63) is 70.1 Å². The van der Waals surface area contributed by atoms with Crippen LogP contribution in [0.1, 0.15) is 17.0 Å². The van der Waals surface area contributed by atoms with Gasteiger partial charge in [0, 0.05) is 31.6 Å². The van der Waals surface area contributed by atoms with E-state index in [9.17, 15) is 9.59 Å². The molecule has 12 nitrogen and oxygen atoms in total. The quantitative estimate of drug-likeness (QED) is 0.159. The molecule has 0 saturated carbocycles. The number of amides is 1. The Labute approximate surface area is 213 Å². The van der Waals surface area contributed by atoms with Gasteiger partial charge in [-0.05, 0) is 27.8 Å². The number of ether oxygens (including phenoxy) is 6. The number of nitrogens with one attached hydrogen (secondary N) is 1. The second-order valence-corrected chi connectivity index (χ2v) is 8.40. The molecule has 2 aliphatic rings. The van der Waals surface area contributed by atoms with Gasteiger partial charge in [-0.2, -0.15) is 0 Å². The number of nitrogens with zero attached hydrogens (tertiary/aromatic N) is 3. The van der Waals surface area contributed by atoms with E-state index < -0.39 is 36.4 Å². The predicted molar refractivity (Wildman–Crippen MR) is 129 cm³/mol. The van der Waals surface area contributed by atoms with Gasteiger partial charge in [0.2, 0.25) is 0 Å². The molecule has 0 radical (unpaired) electrons. The highest BCUT2D eigenvalue weighted by molar-refractivity contribution is 5.79. The van der Waals surface area contributed by atoms with E-state index in [1.807, 2.05) is 36.4 Å². The van der Waals surface area contributed by atoms with Crippen LogP contribution < -0.4 is 5.32 Å². The van der Waals surface area contributed by atoms with Gasteiger partial charge in [0.1, 0.15) is 19.5 Å². The average Bonchev–Trinajstić information content (AvgIpc) is 3.43. The molecule has 0 unspecified atom stereocenters. The zero-order valence-corrected chi connectivity index (χ0v) is 20.4. The van der Waals surface area contributed by atoms with Gasteiger partial charge in [0.15, 0.2) is 12.9 Å². The van der Waals surface area contributed by atoms with Crippen LogP contribution in [0.25, 0.3) is 21.6 Å². The van der Waals surface area contributed by atoms with E-state index in [-0.39, 0.29) is 32.7 Å². The number of fused-ring (bicyclic) bond motifs is 3. The highest BCUT2D eigenvalue weighted by Crippen LogP contribution is 2.44. The summed E-state index contributed by atoms with van der Waals surface area (Å²) in [5.41, 5.74) is 13.5. The zero-order chi connectivity index (χ0) is 26.2. The number of hydrogen-bond donors (Lipinski definition) is 1. The Morgan fingerprint density at radius 2 is 1.65 bits per heavy atom. The molecule has 0 spiro atoms. The molecule has 1 fully saturated rings. The maximum atomic E-state index is 12.6. The predicted octanol–water partition coefficient (Wildman–Crippen LogP) is 3.11. The van der Waals surface area contributed by atoms with Crippen molar-refractivity contribution in [2.75, 3.05) is 41.0 Å². The van der Waals surface area contributed by atoms with Crippen LogP contribution >= 0.6 is 0 Å². The lowest BCUT2D eigenvalue weighted by Gasteiger charge is -2.20. The fourth-order valence-corrected chi connectivity index (χ4v) is 4.66. The first-order valence-corrected chi connectivity index (χ1v) is 11.6. The molecule has 1 heterocycles. The monoisotopic (exact) mass is 512 g/mol. The third kappa shape index (κ3) is 5.85. The van der Waals surface area contributed by atoms with Crippen molar-refractivity contribution in [3.8, 4) is 11.1 Å². The minimum absolute atomic E-state index is 0.0939. The lowest BCUT2D eigenvalue weighted by atomic mass is 9.98. The van der Waals surface area contributed by atoms with E-state index in [1.165, 1.54) is 14.2 Å². The van der Waals surface area contributed by atoms with Crippen LogP contribution in [-0.4, -0.2) is 77.4 Å². The van der Waals surface area contributed by atoms with Crippen molar-refractivity contribution in [1.82, 2.24) is 5.32 Å². The Hall–Kier alpha value is -3.67. The second kappa shape index (κ2) is 12.5. The summed E-state index contributed by atoms with van der Waals surface area (Å²) in [7, 11) is 2.78. The van der Waals surface area contributed by atoms with Crippen LogP contribution in [0.2, 0.25) is 0 Å². The SMILES string of the molecule is COCOC(=O)[C@@H]1O[C@H](CNC(=O)OCC2c3ccccc3-c3ccccc32)[C@@H](N=[N+]=[N-])[C@H]1OCOC. The van der Waals surface area contributed by atoms with E-state index in [1.54, 1.807) is 0 Å². The van der Waals surface area contributed by atoms with Crippen LogP contribution in [0.15, 0.2) is 53.6 Å². The summed E-state index contributed by atoms with van der Waals surface area (Å²) in [5, 5.41) is 6.36. The summed E-state index contributed by atoms with van der Waals surface area (Å²) in [4.78, 5) is 27.9. The summed E-state index contributed by atoms with van der Waals surface area (Å²) < 4.78 is 31.5. The van der Waals surface area contributed by atoms with E-state index in [4.69, 9.17) is 34.0 Å². The number of benzene rings is 2. The number of methoxy groups -OCH3 is 2. The number of esters is 1. The molecule has 1 N–H and O–H groups in total. The molecule has 2 aromatic rings. The number of alkyl carbamates (subject to hydrolysis) is 1. The van der Waals surface area contributed by atoms with Gasteiger partial charge >= 0.3 is 12.1 Å². The van der Waals surface area contributed by atoms with Gasteiger partial charge in [-0.25, -0.2) is 9.59 Å². The first-order chi connectivity index (χ1) is 18.1. The number of hydrogen-bond acceptors (Lipinski definition) is 9.